The molecular weight excluding hydrogens is 176 g/mol. The van der Waals surface area contributed by atoms with E-state index in [0.29, 0.717) is 12.2 Å². The van der Waals surface area contributed by atoms with E-state index in [1.807, 2.05) is 6.07 Å². The molecule has 1 aliphatic heterocycles. The molecule has 1 atom stereocenters. The van der Waals surface area contributed by atoms with Crippen LogP contribution in [0.2, 0.25) is 0 Å². The number of rotatable bonds is 2. The highest BCUT2D eigenvalue weighted by Crippen LogP contribution is 2.24. The van der Waals surface area contributed by atoms with Crippen LogP contribution in [0.1, 0.15) is 6.42 Å². The van der Waals surface area contributed by atoms with E-state index in [9.17, 15) is 9.59 Å². The van der Waals surface area contributed by atoms with Crippen molar-refractivity contribution in [2.45, 2.75) is 6.42 Å². The van der Waals surface area contributed by atoms with Crippen molar-refractivity contribution in [3.8, 4) is 6.07 Å². The van der Waals surface area contributed by atoms with Crippen LogP contribution in [0.15, 0.2) is 0 Å². The summed E-state index contributed by atoms with van der Waals surface area (Å²) in [6.45, 7) is 0.0220. The molecule has 1 N–H and O–H groups in total. The number of carbonyl (C=O) groups is 2. The molecule has 1 unspecified atom stereocenters. The van der Waals surface area contributed by atoms with Crippen molar-refractivity contribution in [3.05, 3.63) is 0 Å². The molecule has 4 nitrogen and oxygen atoms in total. The third kappa shape index (κ3) is 2.24. The monoisotopic (exact) mass is 184 g/mol. The molecule has 0 aromatic heterocycles. The Hall–Kier alpha value is -1.02. The number of carbonyl (C=O) groups excluding carboxylic acids is 2. The summed E-state index contributed by atoms with van der Waals surface area (Å²) in [5.41, 5.74) is 0. The Morgan fingerprint density at radius 3 is 3.08 bits per heavy atom. The Labute approximate surface area is 74.3 Å². The molecular formula is C7H8N2O2S. The van der Waals surface area contributed by atoms with Gasteiger partial charge in [0.05, 0.1) is 12.0 Å². The average molecular weight is 184 g/mol. The highest BCUT2D eigenvalue weighted by molar-refractivity contribution is 8.14. The van der Waals surface area contributed by atoms with Crippen molar-refractivity contribution >= 4 is 22.8 Å². The second kappa shape index (κ2) is 4.12. The van der Waals surface area contributed by atoms with Gasteiger partial charge in [-0.1, -0.05) is 11.8 Å². The first kappa shape index (κ1) is 9.07. The predicted molar refractivity (Wildman–Crippen MR) is 44.2 cm³/mol. The second-order valence-corrected chi connectivity index (χ2v) is 3.54. The number of nitrogens with zero attached hydrogens (tertiary/aromatic N) is 1. The summed E-state index contributed by atoms with van der Waals surface area (Å²) in [5, 5.41) is 10.7. The van der Waals surface area contributed by atoms with Crippen LogP contribution in [0, 0.1) is 17.2 Å². The quantitative estimate of drug-likeness (QED) is 0.609. The molecule has 0 aromatic rings. The number of nitrogens with one attached hydrogen (secondary N) is 1. The van der Waals surface area contributed by atoms with E-state index in [4.69, 9.17) is 5.26 Å². The normalized spacial score (nSPS) is 21.9. The average Bonchev–Trinajstić information content (AvgIpc) is 2.47. The van der Waals surface area contributed by atoms with Gasteiger partial charge in [-0.15, -0.1) is 0 Å². The van der Waals surface area contributed by atoms with Crippen molar-refractivity contribution in [2.24, 2.45) is 5.92 Å². The zero-order valence-corrected chi connectivity index (χ0v) is 7.19. The van der Waals surface area contributed by atoms with Crippen molar-refractivity contribution < 1.29 is 9.59 Å². The molecule has 0 saturated carbocycles. The van der Waals surface area contributed by atoms with Crippen LogP contribution in [-0.2, 0) is 9.59 Å². The van der Waals surface area contributed by atoms with Gasteiger partial charge in [0.2, 0.25) is 5.91 Å². The summed E-state index contributed by atoms with van der Waals surface area (Å²) < 4.78 is 0. The Morgan fingerprint density at radius 2 is 2.58 bits per heavy atom. The van der Waals surface area contributed by atoms with Crippen molar-refractivity contribution in [1.82, 2.24) is 5.32 Å². The first-order valence-corrected chi connectivity index (χ1v) is 4.53. The fourth-order valence-electron chi connectivity index (χ4n) is 0.952. The fraction of sp³-hybridized carbons (Fsp3) is 0.571. The molecule has 0 bridgehead atoms. The third-order valence-electron chi connectivity index (χ3n) is 1.57. The Bertz CT molecular complexity index is 246. The van der Waals surface area contributed by atoms with Gasteiger partial charge in [-0.2, -0.15) is 5.26 Å². The smallest absolute Gasteiger partial charge is 0.225 e. The molecule has 1 heterocycles. The number of hydrogen-bond donors (Lipinski definition) is 1. The fourth-order valence-corrected chi connectivity index (χ4v) is 1.93. The zero-order valence-electron chi connectivity index (χ0n) is 6.37. The van der Waals surface area contributed by atoms with Gasteiger partial charge in [0, 0.05) is 12.2 Å². The maximum Gasteiger partial charge on any atom is 0.225 e. The number of amides is 1. The van der Waals surface area contributed by atoms with Crippen molar-refractivity contribution in [3.63, 3.8) is 0 Å². The lowest BCUT2D eigenvalue weighted by Crippen LogP contribution is -2.30. The highest BCUT2D eigenvalue weighted by Gasteiger charge is 2.28. The summed E-state index contributed by atoms with van der Waals surface area (Å²) in [4.78, 5) is 21.9. The lowest BCUT2D eigenvalue weighted by Gasteiger charge is -2.04. The SMILES string of the molecule is N#CCNC(=O)C1CSC(=O)C1. The van der Waals surface area contributed by atoms with Gasteiger partial charge in [-0.3, -0.25) is 9.59 Å². The van der Waals surface area contributed by atoms with Gasteiger partial charge >= 0.3 is 0 Å². The Kier molecular flexibility index (Phi) is 3.11. The molecule has 1 aliphatic rings. The Balaban J connectivity index is 2.34. The van der Waals surface area contributed by atoms with Gasteiger partial charge in [0.1, 0.15) is 6.54 Å². The van der Waals surface area contributed by atoms with Gasteiger partial charge < -0.3 is 5.32 Å². The maximum atomic E-state index is 11.1. The molecule has 0 spiro atoms. The zero-order chi connectivity index (χ0) is 8.97. The topological polar surface area (TPSA) is 70.0 Å². The van der Waals surface area contributed by atoms with Crippen LogP contribution in [0.5, 0.6) is 0 Å². The van der Waals surface area contributed by atoms with Crippen LogP contribution < -0.4 is 5.32 Å². The van der Waals surface area contributed by atoms with E-state index in [1.54, 1.807) is 0 Å². The second-order valence-electron chi connectivity index (χ2n) is 2.46. The van der Waals surface area contributed by atoms with Crippen LogP contribution >= 0.6 is 11.8 Å². The van der Waals surface area contributed by atoms with Crippen LogP contribution in [0.4, 0.5) is 0 Å². The largest absolute Gasteiger partial charge is 0.343 e. The van der Waals surface area contributed by atoms with Gasteiger partial charge in [-0.25, -0.2) is 0 Å². The van der Waals surface area contributed by atoms with E-state index in [0.717, 1.165) is 0 Å². The summed E-state index contributed by atoms with van der Waals surface area (Å²) in [5.74, 6) is 0.140. The minimum Gasteiger partial charge on any atom is -0.343 e. The molecule has 0 aromatic carbocycles. The van der Waals surface area contributed by atoms with Crippen LogP contribution in [-0.4, -0.2) is 23.3 Å². The van der Waals surface area contributed by atoms with E-state index in [2.05, 4.69) is 5.32 Å². The summed E-state index contributed by atoms with van der Waals surface area (Å²) in [6, 6.07) is 1.81. The van der Waals surface area contributed by atoms with E-state index >= 15 is 0 Å². The first-order chi connectivity index (χ1) is 5.74. The van der Waals surface area contributed by atoms with E-state index in [-0.39, 0.29) is 23.5 Å². The Morgan fingerprint density at radius 1 is 1.83 bits per heavy atom. The summed E-state index contributed by atoms with van der Waals surface area (Å²) >= 11 is 1.18. The molecule has 1 amide bonds. The molecule has 1 rings (SSSR count). The van der Waals surface area contributed by atoms with E-state index in [1.165, 1.54) is 11.8 Å². The summed E-state index contributed by atoms with van der Waals surface area (Å²) in [7, 11) is 0. The molecule has 0 radical (unpaired) electrons. The van der Waals surface area contributed by atoms with Gasteiger partial charge in [0.15, 0.2) is 5.12 Å². The molecule has 64 valence electrons. The molecule has 12 heavy (non-hydrogen) atoms. The number of thioether (sulfide) groups is 1. The molecule has 0 aliphatic carbocycles. The first-order valence-electron chi connectivity index (χ1n) is 3.54. The lowest BCUT2D eigenvalue weighted by molar-refractivity contribution is -0.125. The van der Waals surface area contributed by atoms with Crippen LogP contribution in [0.3, 0.4) is 0 Å². The number of nitriles is 1. The minimum atomic E-state index is -0.226. The highest BCUT2D eigenvalue weighted by atomic mass is 32.2. The maximum absolute atomic E-state index is 11.1. The molecule has 5 heteroatoms. The molecule has 1 saturated heterocycles. The predicted octanol–water partition coefficient (Wildman–Crippen LogP) is -0.0941. The van der Waals surface area contributed by atoms with Crippen LogP contribution in [0.25, 0.3) is 0 Å². The molecule has 1 fully saturated rings. The number of hydrogen-bond acceptors (Lipinski definition) is 4. The van der Waals surface area contributed by atoms with Crippen molar-refractivity contribution in [1.29, 1.82) is 5.26 Å². The summed E-state index contributed by atoms with van der Waals surface area (Å²) in [6.07, 6.45) is 0.307. The standard InChI is InChI=1S/C7H8N2O2S/c8-1-2-9-7(11)5-3-6(10)12-4-5/h5H,2-4H2,(H,9,11). The van der Waals surface area contributed by atoms with Crippen molar-refractivity contribution in [2.75, 3.05) is 12.3 Å². The van der Waals surface area contributed by atoms with Gasteiger partial charge in [0.25, 0.3) is 0 Å². The third-order valence-corrected chi connectivity index (χ3v) is 2.63. The minimum absolute atomic E-state index is 0.0220. The lowest BCUT2D eigenvalue weighted by atomic mass is 10.1. The van der Waals surface area contributed by atoms with Gasteiger partial charge in [-0.05, 0) is 0 Å². The van der Waals surface area contributed by atoms with E-state index < -0.39 is 0 Å².